The normalized spacial score (nSPS) is 12.0. The molecule has 8 heteroatoms. The number of ether oxygens (including phenoxy) is 1. The van der Waals surface area contributed by atoms with Crippen molar-refractivity contribution in [1.82, 2.24) is 14.0 Å². The first-order valence-electron chi connectivity index (χ1n) is 11.2. The summed E-state index contributed by atoms with van der Waals surface area (Å²) in [4.78, 5) is 48.5. The molecule has 0 fully saturated rings. The maximum atomic E-state index is 13.3. The molecule has 3 heterocycles. The number of rotatable bonds is 5. The van der Waals surface area contributed by atoms with Crippen molar-refractivity contribution in [3.05, 3.63) is 87.3 Å². The van der Waals surface area contributed by atoms with Gasteiger partial charge in [-0.2, -0.15) is 4.99 Å². The number of nitrogens with zero attached hydrogens (tertiary/aromatic N) is 4. The van der Waals surface area contributed by atoms with E-state index in [1.54, 1.807) is 54.1 Å². The van der Waals surface area contributed by atoms with Crippen LogP contribution in [-0.4, -0.2) is 32.4 Å². The summed E-state index contributed by atoms with van der Waals surface area (Å²) in [7, 11) is 0. The van der Waals surface area contributed by atoms with Crippen molar-refractivity contribution in [2.45, 2.75) is 34.2 Å². The van der Waals surface area contributed by atoms with Crippen LogP contribution in [0.5, 0.6) is 0 Å². The van der Waals surface area contributed by atoms with E-state index in [0.29, 0.717) is 23.4 Å². The van der Waals surface area contributed by atoms with Gasteiger partial charge in [-0.15, -0.1) is 0 Å². The zero-order valence-electron chi connectivity index (χ0n) is 19.6. The lowest BCUT2D eigenvalue weighted by Gasteiger charge is -2.16. The molecule has 0 aliphatic rings. The molecule has 0 aliphatic heterocycles. The average molecular weight is 459 g/mol. The van der Waals surface area contributed by atoms with Gasteiger partial charge in [-0.25, -0.2) is 9.78 Å². The number of carbonyl (C=O) groups excluding carboxylic acids is 2. The molecule has 8 nitrogen and oxygen atoms in total. The van der Waals surface area contributed by atoms with Gasteiger partial charge in [0.05, 0.1) is 12.0 Å². The second-order valence-corrected chi connectivity index (χ2v) is 8.48. The van der Waals surface area contributed by atoms with Gasteiger partial charge in [0.25, 0.3) is 11.5 Å². The number of pyridine rings is 2. The van der Waals surface area contributed by atoms with Crippen LogP contribution in [0, 0.1) is 12.8 Å². The summed E-state index contributed by atoms with van der Waals surface area (Å²) in [6.07, 6.45) is 1.63. The van der Waals surface area contributed by atoms with Crippen LogP contribution >= 0.6 is 0 Å². The Hall–Kier alpha value is -4.07. The Balaban J connectivity index is 2.14. The number of amides is 1. The average Bonchev–Trinajstić information content (AvgIpc) is 2.80. The Morgan fingerprint density at radius 3 is 2.62 bits per heavy atom. The molecule has 0 spiro atoms. The van der Waals surface area contributed by atoms with E-state index in [9.17, 15) is 14.4 Å². The minimum atomic E-state index is -0.657. The number of aromatic nitrogens is 3. The first-order valence-corrected chi connectivity index (χ1v) is 11.2. The highest BCUT2D eigenvalue weighted by Crippen LogP contribution is 2.14. The lowest BCUT2D eigenvalue weighted by Crippen LogP contribution is -2.33. The van der Waals surface area contributed by atoms with E-state index in [4.69, 9.17) is 9.72 Å². The summed E-state index contributed by atoms with van der Waals surface area (Å²) in [6.45, 7) is 8.10. The standard InChI is InChI=1S/C26H26N4O4/c1-5-34-26(33)20-14-19-22(27-21-11-6-7-12-29(21)25(19)32)30(15-16(2)3)23(20)28-24(31)18-10-8-9-17(4)13-18/h6-14,16H,5,15H2,1-4H3. The van der Waals surface area contributed by atoms with Gasteiger partial charge >= 0.3 is 5.97 Å². The minimum Gasteiger partial charge on any atom is -0.462 e. The van der Waals surface area contributed by atoms with Crippen LogP contribution in [0.2, 0.25) is 0 Å². The molecule has 1 amide bonds. The number of benzene rings is 1. The van der Waals surface area contributed by atoms with Crippen LogP contribution < -0.4 is 11.0 Å². The van der Waals surface area contributed by atoms with E-state index >= 15 is 0 Å². The quantitative estimate of drug-likeness (QED) is 0.337. The van der Waals surface area contributed by atoms with Gasteiger partial charge in [-0.3, -0.25) is 14.0 Å². The number of esters is 1. The predicted molar refractivity (Wildman–Crippen MR) is 129 cm³/mol. The van der Waals surface area contributed by atoms with Crippen LogP contribution in [0.25, 0.3) is 16.7 Å². The fourth-order valence-electron chi connectivity index (χ4n) is 3.83. The number of hydrogen-bond donors (Lipinski definition) is 0. The molecule has 1 aromatic carbocycles. The van der Waals surface area contributed by atoms with Gasteiger partial charge in [-0.1, -0.05) is 37.6 Å². The fraction of sp³-hybridized carbons (Fsp3) is 0.269. The Morgan fingerprint density at radius 2 is 1.91 bits per heavy atom. The molecule has 0 saturated carbocycles. The zero-order valence-corrected chi connectivity index (χ0v) is 19.6. The highest BCUT2D eigenvalue weighted by atomic mass is 16.5. The summed E-state index contributed by atoms with van der Waals surface area (Å²) in [5.74, 6) is -1.04. The van der Waals surface area contributed by atoms with E-state index in [0.717, 1.165) is 5.56 Å². The Labute approximate surface area is 196 Å². The van der Waals surface area contributed by atoms with Gasteiger partial charge < -0.3 is 9.30 Å². The summed E-state index contributed by atoms with van der Waals surface area (Å²) in [5, 5.41) is 0.245. The van der Waals surface area contributed by atoms with Crippen molar-refractivity contribution in [2.75, 3.05) is 6.61 Å². The lowest BCUT2D eigenvalue weighted by molar-refractivity contribution is 0.0523. The predicted octanol–water partition coefficient (Wildman–Crippen LogP) is 3.53. The minimum absolute atomic E-state index is 0.0470. The molecule has 0 bridgehead atoms. The first kappa shape index (κ1) is 23.1. The summed E-state index contributed by atoms with van der Waals surface area (Å²) in [5.41, 5.74) is 1.98. The van der Waals surface area contributed by atoms with Crippen molar-refractivity contribution in [3.63, 3.8) is 0 Å². The van der Waals surface area contributed by atoms with Gasteiger partial charge in [0, 0.05) is 18.3 Å². The van der Waals surface area contributed by atoms with Crippen LogP contribution in [0.3, 0.4) is 0 Å². The van der Waals surface area contributed by atoms with Crippen LogP contribution in [0.4, 0.5) is 0 Å². The Morgan fingerprint density at radius 1 is 1.12 bits per heavy atom. The van der Waals surface area contributed by atoms with Gasteiger partial charge in [0.15, 0.2) is 5.49 Å². The molecular weight excluding hydrogens is 432 g/mol. The van der Waals surface area contributed by atoms with E-state index in [1.165, 1.54) is 10.5 Å². The molecule has 174 valence electrons. The number of fused-ring (bicyclic) bond motifs is 2. The molecule has 0 saturated heterocycles. The molecule has 3 aromatic heterocycles. The van der Waals surface area contributed by atoms with E-state index in [1.807, 2.05) is 26.8 Å². The third kappa shape index (κ3) is 4.39. The SMILES string of the molecule is CCOC(=O)c1cc2c(=O)n3ccccc3nc2n(CC(C)C)c1=NC(=O)c1cccc(C)c1. The van der Waals surface area contributed by atoms with Crippen LogP contribution in [0.15, 0.2) is 64.5 Å². The third-order valence-electron chi connectivity index (χ3n) is 5.31. The largest absolute Gasteiger partial charge is 0.462 e. The van der Waals surface area contributed by atoms with Crippen LogP contribution in [0.1, 0.15) is 47.1 Å². The van der Waals surface area contributed by atoms with Gasteiger partial charge in [0.2, 0.25) is 0 Å². The second kappa shape index (κ2) is 9.43. The monoisotopic (exact) mass is 458 g/mol. The second-order valence-electron chi connectivity index (χ2n) is 8.48. The molecule has 4 rings (SSSR count). The van der Waals surface area contributed by atoms with Crippen molar-refractivity contribution in [3.8, 4) is 0 Å². The van der Waals surface area contributed by atoms with Crippen molar-refractivity contribution in [1.29, 1.82) is 0 Å². The van der Waals surface area contributed by atoms with Gasteiger partial charge in [0.1, 0.15) is 16.9 Å². The van der Waals surface area contributed by atoms with E-state index < -0.39 is 11.9 Å². The molecule has 34 heavy (non-hydrogen) atoms. The zero-order chi connectivity index (χ0) is 24.4. The summed E-state index contributed by atoms with van der Waals surface area (Å²) in [6, 6.07) is 13.8. The molecule has 0 aliphatic carbocycles. The molecule has 0 unspecified atom stereocenters. The van der Waals surface area contributed by atoms with Crippen molar-refractivity contribution < 1.29 is 14.3 Å². The van der Waals surface area contributed by atoms with E-state index in [2.05, 4.69) is 4.99 Å². The summed E-state index contributed by atoms with van der Waals surface area (Å²) >= 11 is 0. The molecule has 0 radical (unpaired) electrons. The topological polar surface area (TPSA) is 95.0 Å². The van der Waals surface area contributed by atoms with E-state index in [-0.39, 0.29) is 34.5 Å². The van der Waals surface area contributed by atoms with Crippen molar-refractivity contribution in [2.24, 2.45) is 10.9 Å². The highest BCUT2D eigenvalue weighted by Gasteiger charge is 2.20. The lowest BCUT2D eigenvalue weighted by atomic mass is 10.1. The summed E-state index contributed by atoms with van der Waals surface area (Å²) < 4.78 is 8.36. The highest BCUT2D eigenvalue weighted by molar-refractivity contribution is 5.97. The molecule has 0 atom stereocenters. The Bertz CT molecular complexity index is 1550. The smallest absolute Gasteiger partial charge is 0.341 e. The fourth-order valence-corrected chi connectivity index (χ4v) is 3.83. The molecular formula is C26H26N4O4. The number of hydrogen-bond acceptors (Lipinski definition) is 5. The Kier molecular flexibility index (Phi) is 6.40. The molecule has 0 N–H and O–H groups in total. The van der Waals surface area contributed by atoms with Crippen molar-refractivity contribution >= 4 is 28.6 Å². The maximum absolute atomic E-state index is 13.3. The van der Waals surface area contributed by atoms with Gasteiger partial charge in [-0.05, 0) is 50.1 Å². The first-order chi connectivity index (χ1) is 16.3. The number of aryl methyl sites for hydroxylation is 1. The number of carbonyl (C=O) groups is 2. The van der Waals surface area contributed by atoms with Crippen LogP contribution in [-0.2, 0) is 11.3 Å². The maximum Gasteiger partial charge on any atom is 0.341 e. The molecule has 4 aromatic rings. The third-order valence-corrected chi connectivity index (χ3v) is 5.31.